The number of nitrogens with zero attached hydrogens (tertiary/aromatic N) is 4. The van der Waals surface area contributed by atoms with Gasteiger partial charge in [-0.05, 0) is 55.7 Å². The molecule has 0 amide bonds. The Balaban J connectivity index is 1.45. The second-order valence-electron chi connectivity index (χ2n) is 8.78. The summed E-state index contributed by atoms with van der Waals surface area (Å²) in [5.41, 5.74) is 13.2. The van der Waals surface area contributed by atoms with Crippen LogP contribution in [0.4, 0.5) is 5.69 Å². The van der Waals surface area contributed by atoms with Crippen molar-refractivity contribution in [1.82, 2.24) is 19.6 Å². The molecule has 172 valence electrons. The maximum absolute atomic E-state index is 5.85. The van der Waals surface area contributed by atoms with Crippen LogP contribution < -0.4 is 5.73 Å². The summed E-state index contributed by atoms with van der Waals surface area (Å²) in [7, 11) is 0. The Morgan fingerprint density at radius 2 is 1.76 bits per heavy atom. The van der Waals surface area contributed by atoms with E-state index < -0.39 is 0 Å². The zero-order valence-corrected chi connectivity index (χ0v) is 19.4. The van der Waals surface area contributed by atoms with Crippen LogP contribution in [0.3, 0.4) is 0 Å². The number of hydrogen-bond acceptors (Lipinski definition) is 6. The Morgan fingerprint density at radius 3 is 2.48 bits per heavy atom. The van der Waals surface area contributed by atoms with E-state index in [1.807, 2.05) is 26.0 Å². The molecule has 2 aromatic carbocycles. The number of nitrogen functional groups attached to an aromatic ring is 1. The molecule has 7 nitrogen and oxygen atoms in total. The Hall–Kier alpha value is -3.16. The Kier molecular flexibility index (Phi) is 6.15. The van der Waals surface area contributed by atoms with Gasteiger partial charge in [-0.3, -0.25) is 4.90 Å². The molecule has 5 rings (SSSR count). The number of nitrogens with two attached hydrogens (primary N) is 1. The number of benzene rings is 2. The highest BCUT2D eigenvalue weighted by molar-refractivity contribution is 5.83. The molecule has 0 unspecified atom stereocenters. The lowest BCUT2D eigenvalue weighted by atomic mass is 10.0. The van der Waals surface area contributed by atoms with Crippen molar-refractivity contribution in [3.8, 4) is 11.1 Å². The monoisotopic (exact) mass is 445 g/mol. The van der Waals surface area contributed by atoms with Gasteiger partial charge in [0, 0.05) is 43.9 Å². The largest absolute Gasteiger partial charge is 0.399 e. The molecule has 1 saturated heterocycles. The number of fused-ring (bicyclic) bond motifs is 1. The van der Waals surface area contributed by atoms with Crippen LogP contribution in [0.25, 0.3) is 22.2 Å². The van der Waals surface area contributed by atoms with E-state index in [2.05, 4.69) is 45.0 Å². The number of rotatable bonds is 7. The second-order valence-corrected chi connectivity index (χ2v) is 8.78. The Bertz CT molecular complexity index is 1220. The van der Waals surface area contributed by atoms with Crippen LogP contribution >= 0.6 is 0 Å². The highest BCUT2D eigenvalue weighted by Crippen LogP contribution is 2.30. The molecule has 4 aromatic rings. The number of aryl methyl sites for hydroxylation is 4. The summed E-state index contributed by atoms with van der Waals surface area (Å²) in [6.07, 6.45) is 1.81. The SMILES string of the molecule is Cc1noc(C)c1-c1ccc2c(c1)nc(CCc1ccc(N)cc1)n2CCN1CCOCC1. The van der Waals surface area contributed by atoms with Gasteiger partial charge < -0.3 is 19.6 Å². The summed E-state index contributed by atoms with van der Waals surface area (Å²) in [4.78, 5) is 7.55. The molecule has 0 aliphatic carbocycles. The fourth-order valence-electron chi connectivity index (χ4n) is 4.68. The van der Waals surface area contributed by atoms with Gasteiger partial charge in [0.15, 0.2) is 0 Å². The number of ether oxygens (including phenoxy) is 1. The molecule has 0 radical (unpaired) electrons. The summed E-state index contributed by atoms with van der Waals surface area (Å²) >= 11 is 0. The molecule has 0 atom stereocenters. The summed E-state index contributed by atoms with van der Waals surface area (Å²) < 4.78 is 13.3. The average molecular weight is 446 g/mol. The predicted molar refractivity (Wildman–Crippen MR) is 130 cm³/mol. The van der Waals surface area contributed by atoms with E-state index in [9.17, 15) is 0 Å². The van der Waals surface area contributed by atoms with Crippen molar-refractivity contribution < 1.29 is 9.26 Å². The molecular weight excluding hydrogens is 414 g/mol. The first-order valence-corrected chi connectivity index (χ1v) is 11.7. The zero-order chi connectivity index (χ0) is 22.8. The van der Waals surface area contributed by atoms with E-state index >= 15 is 0 Å². The van der Waals surface area contributed by atoms with Crippen LogP contribution in [0.15, 0.2) is 47.0 Å². The highest BCUT2D eigenvalue weighted by atomic mass is 16.5. The van der Waals surface area contributed by atoms with Crippen molar-refractivity contribution in [2.75, 3.05) is 38.6 Å². The van der Waals surface area contributed by atoms with Crippen LogP contribution in [0.2, 0.25) is 0 Å². The Morgan fingerprint density at radius 1 is 0.970 bits per heavy atom. The lowest BCUT2D eigenvalue weighted by Gasteiger charge is -2.27. The second kappa shape index (κ2) is 9.37. The zero-order valence-electron chi connectivity index (χ0n) is 19.4. The third-order valence-electron chi connectivity index (χ3n) is 6.51. The first kappa shape index (κ1) is 21.7. The van der Waals surface area contributed by atoms with Gasteiger partial charge in [0.2, 0.25) is 0 Å². The van der Waals surface area contributed by atoms with Crippen molar-refractivity contribution in [1.29, 1.82) is 0 Å². The maximum Gasteiger partial charge on any atom is 0.141 e. The standard InChI is InChI=1S/C26H31N5O2/c1-18-26(19(2)33-29-18)21-6-9-24-23(17-21)28-25(10-5-20-3-7-22(27)8-4-20)31(24)12-11-30-13-15-32-16-14-30/h3-4,6-9,17H,5,10-16,27H2,1-2H3. The van der Waals surface area contributed by atoms with Crippen molar-refractivity contribution in [3.63, 3.8) is 0 Å². The van der Waals surface area contributed by atoms with Gasteiger partial charge in [-0.15, -0.1) is 0 Å². The minimum atomic E-state index is 0.795. The summed E-state index contributed by atoms with van der Waals surface area (Å²) in [6, 6.07) is 14.7. The van der Waals surface area contributed by atoms with Gasteiger partial charge in [-0.1, -0.05) is 23.4 Å². The quantitative estimate of drug-likeness (QED) is 0.433. The minimum absolute atomic E-state index is 0.795. The molecular formula is C26H31N5O2. The van der Waals surface area contributed by atoms with Crippen LogP contribution in [0, 0.1) is 13.8 Å². The third-order valence-corrected chi connectivity index (χ3v) is 6.51. The van der Waals surface area contributed by atoms with Crippen LogP contribution in [-0.4, -0.2) is 52.5 Å². The van der Waals surface area contributed by atoms with Gasteiger partial charge in [0.1, 0.15) is 11.6 Å². The van der Waals surface area contributed by atoms with E-state index in [0.717, 1.165) is 91.8 Å². The van der Waals surface area contributed by atoms with E-state index in [0.29, 0.717) is 0 Å². The van der Waals surface area contributed by atoms with E-state index in [-0.39, 0.29) is 0 Å². The molecule has 2 N–H and O–H groups in total. The fraction of sp³-hybridized carbons (Fsp3) is 0.385. The van der Waals surface area contributed by atoms with E-state index in [4.69, 9.17) is 20.0 Å². The first-order valence-electron chi connectivity index (χ1n) is 11.7. The molecule has 3 heterocycles. The van der Waals surface area contributed by atoms with Crippen molar-refractivity contribution in [3.05, 3.63) is 65.3 Å². The lowest BCUT2D eigenvalue weighted by Crippen LogP contribution is -2.38. The average Bonchev–Trinajstić information content (AvgIpc) is 3.36. The minimum Gasteiger partial charge on any atom is -0.399 e. The van der Waals surface area contributed by atoms with Gasteiger partial charge in [0.05, 0.1) is 29.9 Å². The van der Waals surface area contributed by atoms with Crippen LogP contribution in [0.1, 0.15) is 22.8 Å². The van der Waals surface area contributed by atoms with Gasteiger partial charge >= 0.3 is 0 Å². The van der Waals surface area contributed by atoms with Crippen LogP contribution in [0.5, 0.6) is 0 Å². The number of morpholine rings is 1. The fourth-order valence-corrected chi connectivity index (χ4v) is 4.68. The molecule has 1 aliphatic rings. The van der Waals surface area contributed by atoms with Gasteiger partial charge in [0.25, 0.3) is 0 Å². The summed E-state index contributed by atoms with van der Waals surface area (Å²) in [5.74, 6) is 1.95. The first-order chi connectivity index (χ1) is 16.1. The predicted octanol–water partition coefficient (Wildman–Crippen LogP) is 4.01. The third kappa shape index (κ3) is 4.65. The van der Waals surface area contributed by atoms with E-state index in [1.165, 1.54) is 11.1 Å². The summed E-state index contributed by atoms with van der Waals surface area (Å²) in [5, 5.41) is 4.12. The molecule has 0 saturated carbocycles. The smallest absolute Gasteiger partial charge is 0.141 e. The number of imidazole rings is 1. The molecule has 33 heavy (non-hydrogen) atoms. The van der Waals surface area contributed by atoms with Crippen molar-refractivity contribution in [2.45, 2.75) is 33.2 Å². The molecule has 0 spiro atoms. The normalized spacial score (nSPS) is 14.8. The molecule has 1 fully saturated rings. The van der Waals surface area contributed by atoms with Crippen molar-refractivity contribution >= 4 is 16.7 Å². The topological polar surface area (TPSA) is 82.3 Å². The van der Waals surface area contributed by atoms with Crippen LogP contribution in [-0.2, 0) is 24.1 Å². The maximum atomic E-state index is 5.85. The highest BCUT2D eigenvalue weighted by Gasteiger charge is 2.17. The Labute approximate surface area is 194 Å². The number of hydrogen-bond donors (Lipinski definition) is 1. The number of aromatic nitrogens is 3. The summed E-state index contributed by atoms with van der Waals surface area (Å²) in [6.45, 7) is 9.46. The van der Waals surface area contributed by atoms with Gasteiger partial charge in [-0.25, -0.2) is 4.98 Å². The molecule has 1 aliphatic heterocycles. The van der Waals surface area contributed by atoms with Crippen molar-refractivity contribution in [2.24, 2.45) is 0 Å². The molecule has 2 aromatic heterocycles. The molecule has 7 heteroatoms. The number of anilines is 1. The lowest BCUT2D eigenvalue weighted by molar-refractivity contribution is 0.0364. The van der Waals surface area contributed by atoms with Gasteiger partial charge in [-0.2, -0.15) is 0 Å². The molecule has 0 bridgehead atoms. The van der Waals surface area contributed by atoms with E-state index in [1.54, 1.807) is 0 Å².